The van der Waals surface area contributed by atoms with Gasteiger partial charge in [-0.05, 0) is 38.2 Å². The number of hydrazine groups is 1. The molecular formula is C26H34N8O. The largest absolute Gasteiger partial charge is 0.355 e. The number of aryl methyl sites for hydroxylation is 1. The van der Waals surface area contributed by atoms with Crippen LogP contribution in [0.4, 0.5) is 5.82 Å². The molecule has 1 aromatic carbocycles. The van der Waals surface area contributed by atoms with Crippen molar-refractivity contribution in [2.75, 3.05) is 31.1 Å². The molecule has 6 rings (SSSR count). The van der Waals surface area contributed by atoms with E-state index in [1.54, 1.807) is 0 Å². The van der Waals surface area contributed by atoms with Crippen molar-refractivity contribution in [2.45, 2.75) is 50.7 Å². The summed E-state index contributed by atoms with van der Waals surface area (Å²) < 4.78 is 1.87. The molecule has 9 nitrogen and oxygen atoms in total. The first-order valence-corrected chi connectivity index (χ1v) is 12.8. The third kappa shape index (κ3) is 4.17. The summed E-state index contributed by atoms with van der Waals surface area (Å²) in [7, 11) is 0. The van der Waals surface area contributed by atoms with E-state index in [4.69, 9.17) is 15.8 Å². The molecule has 4 N–H and O–H groups in total. The zero-order chi connectivity index (χ0) is 23.9. The van der Waals surface area contributed by atoms with Crippen molar-refractivity contribution in [2.24, 2.45) is 11.7 Å². The van der Waals surface area contributed by atoms with Crippen LogP contribution in [0.1, 0.15) is 54.6 Å². The first kappa shape index (κ1) is 22.5. The first-order valence-electron chi connectivity index (χ1n) is 12.8. The Kier molecular flexibility index (Phi) is 5.91. The lowest BCUT2D eigenvalue weighted by Gasteiger charge is -2.37. The second kappa shape index (κ2) is 9.22. The number of carbonyl (C=O) groups excluding carboxylic acids is 1. The van der Waals surface area contributed by atoms with Gasteiger partial charge in [-0.25, -0.2) is 14.9 Å². The lowest BCUT2D eigenvalue weighted by molar-refractivity contribution is -0.139. The Morgan fingerprint density at radius 1 is 1.14 bits per heavy atom. The minimum Gasteiger partial charge on any atom is -0.355 e. The second-order valence-corrected chi connectivity index (χ2v) is 10.2. The predicted molar refractivity (Wildman–Crippen MR) is 135 cm³/mol. The number of nitrogens with two attached hydrogens (primary N) is 1. The molecule has 3 aliphatic heterocycles. The molecule has 0 radical (unpaired) electrons. The molecule has 5 heterocycles. The van der Waals surface area contributed by atoms with Gasteiger partial charge in [-0.2, -0.15) is 5.10 Å². The number of amides is 1. The van der Waals surface area contributed by atoms with Crippen molar-refractivity contribution in [3.63, 3.8) is 0 Å². The van der Waals surface area contributed by atoms with Gasteiger partial charge in [0.05, 0.1) is 23.7 Å². The van der Waals surface area contributed by atoms with Gasteiger partial charge in [-0.1, -0.05) is 30.3 Å². The van der Waals surface area contributed by atoms with E-state index in [1.807, 2.05) is 22.7 Å². The van der Waals surface area contributed by atoms with Gasteiger partial charge in [-0.3, -0.25) is 10.2 Å². The van der Waals surface area contributed by atoms with Gasteiger partial charge in [-0.15, -0.1) is 0 Å². The van der Waals surface area contributed by atoms with E-state index < -0.39 is 0 Å². The highest BCUT2D eigenvalue weighted by Gasteiger charge is 2.40. The number of aromatic nitrogens is 3. The fraction of sp³-hybridized carbons (Fsp3) is 0.500. The van der Waals surface area contributed by atoms with E-state index in [1.165, 1.54) is 0 Å². The average Bonchev–Trinajstić information content (AvgIpc) is 3.63. The van der Waals surface area contributed by atoms with Gasteiger partial charge >= 0.3 is 0 Å². The number of rotatable bonds is 4. The second-order valence-electron chi connectivity index (χ2n) is 10.2. The zero-order valence-corrected chi connectivity index (χ0v) is 20.2. The number of nitrogens with one attached hydrogen (secondary N) is 2. The quantitative estimate of drug-likeness (QED) is 0.532. The number of likely N-dealkylation sites (tertiary alicyclic amines) is 1. The topological polar surface area (TPSA) is 104 Å². The Morgan fingerprint density at radius 2 is 2.00 bits per heavy atom. The highest BCUT2D eigenvalue weighted by Crippen LogP contribution is 2.35. The van der Waals surface area contributed by atoms with Crippen molar-refractivity contribution in [3.05, 3.63) is 59.4 Å². The molecule has 35 heavy (non-hydrogen) atoms. The van der Waals surface area contributed by atoms with Gasteiger partial charge in [0.25, 0.3) is 0 Å². The van der Waals surface area contributed by atoms with Crippen LogP contribution in [0.3, 0.4) is 0 Å². The smallest absolute Gasteiger partial charge is 0.229 e. The minimum atomic E-state index is -0.152. The molecule has 0 saturated carbocycles. The number of hydrogen-bond acceptors (Lipinski definition) is 7. The van der Waals surface area contributed by atoms with Crippen LogP contribution in [0.25, 0.3) is 5.65 Å². The third-order valence-corrected chi connectivity index (χ3v) is 7.73. The van der Waals surface area contributed by atoms with Crippen molar-refractivity contribution in [3.8, 4) is 0 Å². The van der Waals surface area contributed by atoms with E-state index in [0.29, 0.717) is 6.54 Å². The molecule has 0 aliphatic carbocycles. The maximum atomic E-state index is 13.9. The lowest BCUT2D eigenvalue weighted by atomic mass is 9.91. The maximum Gasteiger partial charge on any atom is 0.229 e. The lowest BCUT2D eigenvalue weighted by Crippen LogP contribution is -2.44. The van der Waals surface area contributed by atoms with Crippen LogP contribution in [-0.4, -0.2) is 57.6 Å². The molecule has 184 valence electrons. The molecule has 3 saturated heterocycles. The first-order chi connectivity index (χ1) is 17.1. The van der Waals surface area contributed by atoms with Crippen molar-refractivity contribution in [1.29, 1.82) is 0 Å². The summed E-state index contributed by atoms with van der Waals surface area (Å²) in [4.78, 5) is 23.2. The fourth-order valence-corrected chi connectivity index (χ4v) is 5.90. The Bertz CT molecular complexity index is 1210. The molecule has 9 heteroatoms. The Morgan fingerprint density at radius 3 is 2.80 bits per heavy atom. The van der Waals surface area contributed by atoms with E-state index in [2.05, 4.69) is 52.0 Å². The van der Waals surface area contributed by atoms with Crippen LogP contribution < -0.4 is 21.5 Å². The summed E-state index contributed by atoms with van der Waals surface area (Å²) in [5, 5.41) is 4.90. The monoisotopic (exact) mass is 474 g/mol. The minimum absolute atomic E-state index is 0.0288. The predicted octanol–water partition coefficient (Wildman–Crippen LogP) is 2.09. The molecule has 0 spiro atoms. The number of nitrogens with zero attached hydrogens (tertiary/aromatic N) is 5. The maximum absolute atomic E-state index is 13.9. The standard InChI is InChI=1S/C26H34N8O/c1-17-15-34-23(29-25(17)32-12-10-19(27)16-32)13-21(31-34)22-9-5-6-11-33(22)26(35)20-14-28-30-24(20)18-7-3-2-4-8-18/h2-4,7-8,13,15,19-20,22,24,28,30H,5-6,9-12,14,16,27H2,1H3/t19-,20?,22-,24?/m0/s1. The van der Waals surface area contributed by atoms with Crippen molar-refractivity contribution >= 4 is 17.4 Å². The number of piperidine rings is 1. The number of carbonyl (C=O) groups is 1. The van der Waals surface area contributed by atoms with Gasteiger partial charge in [0.15, 0.2) is 5.65 Å². The molecule has 0 bridgehead atoms. The zero-order valence-electron chi connectivity index (χ0n) is 20.2. The molecule has 4 atom stereocenters. The van der Waals surface area contributed by atoms with Crippen molar-refractivity contribution < 1.29 is 4.79 Å². The number of anilines is 1. The summed E-state index contributed by atoms with van der Waals surface area (Å²) in [6, 6.07) is 12.4. The normalized spacial score (nSPS) is 27.1. The Labute approximate surface area is 205 Å². The highest BCUT2D eigenvalue weighted by molar-refractivity contribution is 5.81. The SMILES string of the molecule is Cc1cn2nc([C@@H]3CCCCN3C(=O)C3CNNC3c3ccccc3)cc2nc1N1CC[C@H](N)C1. The van der Waals surface area contributed by atoms with Crippen LogP contribution in [0, 0.1) is 12.8 Å². The van der Waals surface area contributed by atoms with E-state index in [9.17, 15) is 4.79 Å². The third-order valence-electron chi connectivity index (χ3n) is 7.73. The summed E-state index contributed by atoms with van der Waals surface area (Å²) in [5.41, 5.74) is 16.6. The Balaban J connectivity index is 1.28. The van der Waals surface area contributed by atoms with Crippen LogP contribution in [0.2, 0.25) is 0 Å². The average molecular weight is 475 g/mol. The summed E-state index contributed by atoms with van der Waals surface area (Å²) in [6.45, 7) is 5.23. The molecule has 3 aromatic rings. The van der Waals surface area contributed by atoms with Gasteiger partial charge < -0.3 is 15.5 Å². The van der Waals surface area contributed by atoms with Crippen LogP contribution in [0.5, 0.6) is 0 Å². The van der Waals surface area contributed by atoms with Crippen LogP contribution >= 0.6 is 0 Å². The van der Waals surface area contributed by atoms with E-state index in [0.717, 1.165) is 73.6 Å². The molecule has 3 fully saturated rings. The summed E-state index contributed by atoms with van der Waals surface area (Å²) in [6.07, 6.45) is 6.08. The molecule has 2 unspecified atom stereocenters. The van der Waals surface area contributed by atoms with Crippen LogP contribution in [-0.2, 0) is 4.79 Å². The van der Waals surface area contributed by atoms with Crippen molar-refractivity contribution in [1.82, 2.24) is 30.3 Å². The van der Waals surface area contributed by atoms with E-state index >= 15 is 0 Å². The number of hydrogen-bond donors (Lipinski definition) is 3. The van der Waals surface area contributed by atoms with Crippen LogP contribution in [0.15, 0.2) is 42.6 Å². The van der Waals surface area contributed by atoms with E-state index in [-0.39, 0.29) is 30.0 Å². The van der Waals surface area contributed by atoms with Gasteiger partial charge in [0.1, 0.15) is 5.82 Å². The molecule has 2 aromatic heterocycles. The summed E-state index contributed by atoms with van der Waals surface area (Å²) >= 11 is 0. The molecular weight excluding hydrogens is 440 g/mol. The highest BCUT2D eigenvalue weighted by atomic mass is 16.2. The number of fused-ring (bicyclic) bond motifs is 1. The molecule has 3 aliphatic rings. The summed E-state index contributed by atoms with van der Waals surface area (Å²) in [5.74, 6) is 1.03. The number of benzene rings is 1. The van der Waals surface area contributed by atoms with Gasteiger partial charge in [0, 0.05) is 50.0 Å². The fourth-order valence-electron chi connectivity index (χ4n) is 5.90. The van der Waals surface area contributed by atoms with Gasteiger partial charge in [0.2, 0.25) is 5.91 Å². The Hall–Kier alpha value is -3.01. The molecule has 1 amide bonds.